The van der Waals surface area contributed by atoms with Crippen LogP contribution in [0.25, 0.3) is 0 Å². The van der Waals surface area contributed by atoms with E-state index in [-0.39, 0.29) is 30.3 Å². The maximum atomic E-state index is 13.7. The Morgan fingerprint density at radius 3 is 2.00 bits per heavy atom. The van der Waals surface area contributed by atoms with Crippen molar-refractivity contribution in [1.29, 1.82) is 0 Å². The second kappa shape index (κ2) is 16.3. The average Bonchev–Trinajstić information content (AvgIpc) is 2.84. The van der Waals surface area contributed by atoms with E-state index < -0.39 is 11.4 Å². The van der Waals surface area contributed by atoms with E-state index in [9.17, 15) is 14.7 Å². The number of likely N-dealkylation sites (tertiary alicyclic amines) is 1. The van der Waals surface area contributed by atoms with Gasteiger partial charge in [-0.1, -0.05) is 102 Å². The monoisotopic (exact) mass is 567 g/mol. The minimum Gasteiger partial charge on any atom is -0.481 e. The summed E-state index contributed by atoms with van der Waals surface area (Å²) >= 11 is 13.5. The molecular formula is C30H43Cl2NO3S. The fourth-order valence-corrected chi connectivity index (χ4v) is 5.74. The lowest BCUT2D eigenvalue weighted by molar-refractivity contribution is -0.159. The Labute approximate surface area is 238 Å². The zero-order valence-electron chi connectivity index (χ0n) is 23.2. The first-order chi connectivity index (χ1) is 17.4. The van der Waals surface area contributed by atoms with Crippen molar-refractivity contribution < 1.29 is 14.7 Å². The number of hydrogen-bond donors (Lipinski definition) is 1. The normalized spacial score (nSPS) is 20.0. The molecule has 0 aromatic heterocycles. The van der Waals surface area contributed by atoms with Crippen LogP contribution >= 0.6 is 35.0 Å². The van der Waals surface area contributed by atoms with E-state index in [4.69, 9.17) is 23.2 Å². The fourth-order valence-electron chi connectivity index (χ4n) is 4.35. The largest absolute Gasteiger partial charge is 0.481 e. The molecule has 4 nitrogen and oxygen atoms in total. The number of thioether (sulfide) groups is 1. The molecule has 3 rings (SSSR count). The first-order valence-electron chi connectivity index (χ1n) is 13.1. The van der Waals surface area contributed by atoms with Crippen molar-refractivity contribution in [3.8, 4) is 0 Å². The summed E-state index contributed by atoms with van der Waals surface area (Å²) in [5.41, 5.74) is 0.208. The van der Waals surface area contributed by atoms with Gasteiger partial charge in [0, 0.05) is 21.8 Å². The number of nitrogens with zero attached hydrogens (tertiary/aromatic N) is 1. The van der Waals surface area contributed by atoms with Crippen molar-refractivity contribution >= 4 is 46.8 Å². The molecule has 1 N–H and O–H groups in total. The summed E-state index contributed by atoms with van der Waals surface area (Å²) in [5, 5.41) is 11.3. The molecule has 1 heterocycles. The summed E-state index contributed by atoms with van der Waals surface area (Å²) in [4.78, 5) is 27.1. The fraction of sp³-hybridized carbons (Fsp3) is 0.533. The van der Waals surface area contributed by atoms with Gasteiger partial charge in [0.2, 0.25) is 5.91 Å². The number of piperidine rings is 1. The van der Waals surface area contributed by atoms with Crippen molar-refractivity contribution in [3.05, 3.63) is 70.2 Å². The van der Waals surface area contributed by atoms with E-state index in [0.29, 0.717) is 16.7 Å². The number of amides is 1. The van der Waals surface area contributed by atoms with Crippen molar-refractivity contribution in [3.63, 3.8) is 0 Å². The Kier molecular flexibility index (Phi) is 14.7. The molecule has 2 unspecified atom stereocenters. The van der Waals surface area contributed by atoms with Gasteiger partial charge in [0.1, 0.15) is 0 Å². The minimum atomic E-state index is -0.918. The second-order valence-corrected chi connectivity index (χ2v) is 12.4. The number of hydrogen-bond acceptors (Lipinski definition) is 3. The molecule has 0 aliphatic carbocycles. The number of carbonyl (C=O) groups excluding carboxylic acids is 1. The quantitative estimate of drug-likeness (QED) is 0.345. The average molecular weight is 569 g/mol. The van der Waals surface area contributed by atoms with Crippen LogP contribution in [0.15, 0.2) is 54.6 Å². The first kappa shape index (κ1) is 33.3. The third kappa shape index (κ3) is 10.5. The molecule has 2 aromatic carbocycles. The number of carboxylic acids is 1. The van der Waals surface area contributed by atoms with E-state index in [1.54, 1.807) is 0 Å². The summed E-state index contributed by atoms with van der Waals surface area (Å²) < 4.78 is 0. The number of carbonyl (C=O) groups is 2. The topological polar surface area (TPSA) is 57.6 Å². The molecular weight excluding hydrogens is 525 g/mol. The standard InChI is InChI=1S/C22H32ClNO3S.C6H5Cl.C2H6/c1-14(2)19(13-28-15(3)4)24-18(16-6-8-17(23)9-7-16)10-11-22(5,21(24)27)12-20(25)26;7-6-4-2-1-3-5-6;1-2/h6-9,14-15,18-19H,10-13H2,1-5H3,(H,25,26);1-5H;1-2H3/t18?,19?,22-;;/m1../s1. The Balaban J connectivity index is 0.000000645. The predicted octanol–water partition coefficient (Wildman–Crippen LogP) is 9.02. The van der Waals surface area contributed by atoms with Crippen LogP contribution in [0.4, 0.5) is 0 Å². The van der Waals surface area contributed by atoms with Gasteiger partial charge in [0.15, 0.2) is 0 Å². The zero-order valence-corrected chi connectivity index (χ0v) is 25.5. The van der Waals surface area contributed by atoms with Gasteiger partial charge in [-0.25, -0.2) is 0 Å². The summed E-state index contributed by atoms with van der Waals surface area (Å²) in [6, 6.07) is 17.1. The molecule has 0 bridgehead atoms. The molecule has 1 amide bonds. The zero-order chi connectivity index (χ0) is 28.2. The summed E-state index contributed by atoms with van der Waals surface area (Å²) in [5.74, 6) is 0.161. The summed E-state index contributed by atoms with van der Waals surface area (Å²) in [6.45, 7) is 14.4. The number of benzene rings is 2. The van der Waals surface area contributed by atoms with Crippen LogP contribution < -0.4 is 0 Å². The maximum absolute atomic E-state index is 13.7. The van der Waals surface area contributed by atoms with Gasteiger partial charge >= 0.3 is 5.97 Å². The predicted molar refractivity (Wildman–Crippen MR) is 160 cm³/mol. The molecule has 37 heavy (non-hydrogen) atoms. The molecule has 2 aromatic rings. The van der Waals surface area contributed by atoms with Gasteiger partial charge in [0.05, 0.1) is 17.9 Å². The molecule has 0 radical (unpaired) electrons. The number of aliphatic carboxylic acids is 1. The van der Waals surface area contributed by atoms with E-state index in [1.807, 2.05) is 92.0 Å². The number of rotatable bonds is 8. The van der Waals surface area contributed by atoms with Crippen LogP contribution in [0.5, 0.6) is 0 Å². The lowest BCUT2D eigenvalue weighted by atomic mass is 9.74. The lowest BCUT2D eigenvalue weighted by Crippen LogP contribution is -2.56. The molecule has 1 aliphatic rings. The van der Waals surface area contributed by atoms with Gasteiger partial charge in [-0.3, -0.25) is 9.59 Å². The van der Waals surface area contributed by atoms with Crippen molar-refractivity contribution in [2.24, 2.45) is 11.3 Å². The molecule has 206 valence electrons. The molecule has 1 saturated heterocycles. The van der Waals surface area contributed by atoms with Crippen LogP contribution in [0.3, 0.4) is 0 Å². The highest BCUT2D eigenvalue weighted by molar-refractivity contribution is 7.99. The van der Waals surface area contributed by atoms with E-state index in [0.717, 1.165) is 22.8 Å². The van der Waals surface area contributed by atoms with Gasteiger partial charge in [-0.05, 0) is 53.8 Å². The smallest absolute Gasteiger partial charge is 0.304 e. The van der Waals surface area contributed by atoms with Crippen LogP contribution in [0.1, 0.15) is 79.3 Å². The van der Waals surface area contributed by atoms with Crippen LogP contribution in [-0.2, 0) is 9.59 Å². The third-order valence-corrected chi connectivity index (χ3v) is 8.02. The van der Waals surface area contributed by atoms with Crippen molar-refractivity contribution in [1.82, 2.24) is 4.90 Å². The Hall–Kier alpha value is -1.69. The van der Waals surface area contributed by atoms with Crippen molar-refractivity contribution in [2.75, 3.05) is 5.75 Å². The van der Waals surface area contributed by atoms with E-state index >= 15 is 0 Å². The molecule has 7 heteroatoms. The van der Waals surface area contributed by atoms with Gasteiger partial charge in [-0.2, -0.15) is 11.8 Å². The lowest BCUT2D eigenvalue weighted by Gasteiger charge is -2.49. The molecule has 3 atom stereocenters. The molecule has 1 aliphatic heterocycles. The molecule has 0 spiro atoms. The van der Waals surface area contributed by atoms with Gasteiger partial charge < -0.3 is 10.0 Å². The van der Waals surface area contributed by atoms with E-state index in [1.165, 1.54) is 0 Å². The van der Waals surface area contributed by atoms with Gasteiger partial charge in [-0.15, -0.1) is 0 Å². The maximum Gasteiger partial charge on any atom is 0.304 e. The highest BCUT2D eigenvalue weighted by Gasteiger charge is 2.48. The SMILES string of the molecule is CC.CC(C)SCC(C(C)C)N1C(=O)[C@@](C)(CC(=O)O)CCC1c1ccc(Cl)cc1.Clc1ccccc1. The highest BCUT2D eigenvalue weighted by atomic mass is 35.5. The highest BCUT2D eigenvalue weighted by Crippen LogP contribution is 2.45. The second-order valence-electron chi connectivity index (χ2n) is 9.94. The Bertz CT molecular complexity index is 953. The number of carboxylic acid groups (broad SMARTS) is 1. The summed E-state index contributed by atoms with van der Waals surface area (Å²) in [7, 11) is 0. The van der Waals surface area contributed by atoms with Gasteiger partial charge in [0.25, 0.3) is 0 Å². The number of halogens is 2. The van der Waals surface area contributed by atoms with Crippen LogP contribution in [-0.4, -0.2) is 38.9 Å². The Morgan fingerprint density at radius 1 is 1.03 bits per heavy atom. The molecule has 1 fully saturated rings. The van der Waals surface area contributed by atoms with Crippen LogP contribution in [0.2, 0.25) is 10.0 Å². The van der Waals surface area contributed by atoms with Crippen LogP contribution in [0, 0.1) is 11.3 Å². The third-order valence-electron chi connectivity index (χ3n) is 6.31. The van der Waals surface area contributed by atoms with E-state index in [2.05, 4.69) is 27.7 Å². The first-order valence-corrected chi connectivity index (χ1v) is 14.9. The van der Waals surface area contributed by atoms with Crippen molar-refractivity contribution in [2.45, 2.75) is 85.1 Å². The minimum absolute atomic E-state index is 0.0378. The summed E-state index contributed by atoms with van der Waals surface area (Å²) in [6.07, 6.45) is 1.20. The Morgan fingerprint density at radius 2 is 1.57 bits per heavy atom. The molecule has 0 saturated carbocycles.